The number of hydrogen-bond acceptors (Lipinski definition) is 3. The largest absolute Gasteiger partial charge is 0.375 e. The summed E-state index contributed by atoms with van der Waals surface area (Å²) >= 11 is 0. The summed E-state index contributed by atoms with van der Waals surface area (Å²) in [7, 11) is 0. The lowest BCUT2D eigenvalue weighted by molar-refractivity contribution is 0.0991. The molecule has 17 heavy (non-hydrogen) atoms. The molecule has 0 amide bonds. The van der Waals surface area contributed by atoms with E-state index in [1.807, 2.05) is 12.5 Å². The first-order chi connectivity index (χ1) is 8.40. The molecule has 1 aliphatic rings. The highest BCUT2D eigenvalue weighted by molar-refractivity contribution is 4.95. The van der Waals surface area contributed by atoms with Crippen LogP contribution in [0.3, 0.4) is 0 Å². The summed E-state index contributed by atoms with van der Waals surface area (Å²) in [6.45, 7) is 6.99. The van der Waals surface area contributed by atoms with Gasteiger partial charge in [-0.15, -0.1) is 0 Å². The summed E-state index contributed by atoms with van der Waals surface area (Å²) in [5.74, 6) is 0.805. The maximum absolute atomic E-state index is 5.73. The normalized spacial score (nSPS) is 20.6. The molecule has 1 N–H and O–H groups in total. The maximum atomic E-state index is 5.73. The van der Waals surface area contributed by atoms with Crippen LogP contribution in [0.4, 0.5) is 0 Å². The first-order valence-corrected chi connectivity index (χ1v) is 6.67. The minimum Gasteiger partial charge on any atom is -0.375 e. The van der Waals surface area contributed by atoms with Crippen molar-refractivity contribution in [3.63, 3.8) is 0 Å². The lowest BCUT2D eigenvalue weighted by Crippen LogP contribution is -2.30. The summed E-state index contributed by atoms with van der Waals surface area (Å²) in [6, 6.07) is 0. The van der Waals surface area contributed by atoms with E-state index in [4.69, 9.17) is 4.74 Å². The maximum Gasteiger partial charge on any atom is 0.0948 e. The second-order valence-electron chi connectivity index (χ2n) is 4.72. The quantitative estimate of drug-likeness (QED) is 0.767. The van der Waals surface area contributed by atoms with Gasteiger partial charge >= 0.3 is 0 Å². The molecule has 4 heteroatoms. The van der Waals surface area contributed by atoms with Gasteiger partial charge in [-0.2, -0.15) is 0 Å². The van der Waals surface area contributed by atoms with E-state index in [-0.39, 0.29) is 0 Å². The van der Waals surface area contributed by atoms with Gasteiger partial charge in [-0.1, -0.05) is 0 Å². The van der Waals surface area contributed by atoms with Crippen molar-refractivity contribution in [3.05, 3.63) is 18.2 Å². The summed E-state index contributed by atoms with van der Waals surface area (Å²) in [5, 5.41) is 3.44. The first-order valence-electron chi connectivity index (χ1n) is 6.67. The Balaban J connectivity index is 1.62. The van der Waals surface area contributed by atoms with Crippen LogP contribution in [0.1, 0.15) is 31.9 Å². The Morgan fingerprint density at radius 1 is 1.59 bits per heavy atom. The number of nitrogens with one attached hydrogen (secondary N) is 1. The molecule has 1 atom stereocenters. The van der Waals surface area contributed by atoms with Gasteiger partial charge in [0.05, 0.1) is 24.8 Å². The molecular formula is C13H23N3O. The minimum atomic E-state index is 0.688. The van der Waals surface area contributed by atoms with Gasteiger partial charge in [-0.3, -0.25) is 0 Å². The third-order valence-electron chi connectivity index (χ3n) is 3.46. The second-order valence-corrected chi connectivity index (χ2v) is 4.72. The average Bonchev–Trinajstić information content (AvgIpc) is 2.83. The average molecular weight is 237 g/mol. The molecule has 1 aromatic heterocycles. The van der Waals surface area contributed by atoms with Crippen LogP contribution < -0.4 is 5.32 Å². The number of aromatic nitrogens is 2. The highest BCUT2D eigenvalue weighted by Gasteiger charge is 2.12. The monoisotopic (exact) mass is 237 g/mol. The number of nitrogens with zero attached hydrogens (tertiary/aromatic N) is 2. The van der Waals surface area contributed by atoms with Crippen molar-refractivity contribution in [1.29, 1.82) is 0 Å². The molecule has 4 nitrogen and oxygen atoms in total. The molecule has 2 heterocycles. The van der Waals surface area contributed by atoms with Crippen molar-refractivity contribution in [3.8, 4) is 0 Å². The molecule has 0 aromatic carbocycles. The summed E-state index contributed by atoms with van der Waals surface area (Å²) in [4.78, 5) is 4.13. The molecule has 0 bridgehead atoms. The van der Waals surface area contributed by atoms with Crippen molar-refractivity contribution in [2.24, 2.45) is 5.92 Å². The number of hydrogen-bond donors (Lipinski definition) is 1. The van der Waals surface area contributed by atoms with E-state index >= 15 is 0 Å². The van der Waals surface area contributed by atoms with Crippen molar-refractivity contribution in [1.82, 2.24) is 14.9 Å². The van der Waals surface area contributed by atoms with Gasteiger partial charge in [0.2, 0.25) is 0 Å². The number of imidazole rings is 1. The van der Waals surface area contributed by atoms with Crippen molar-refractivity contribution in [2.75, 3.05) is 19.7 Å². The first kappa shape index (κ1) is 12.6. The van der Waals surface area contributed by atoms with Gasteiger partial charge in [-0.05, 0) is 45.2 Å². The second kappa shape index (κ2) is 6.77. The number of rotatable bonds is 6. The van der Waals surface area contributed by atoms with E-state index in [9.17, 15) is 0 Å². The molecule has 1 fully saturated rings. The molecule has 0 spiro atoms. The highest BCUT2D eigenvalue weighted by atomic mass is 16.5. The van der Waals surface area contributed by atoms with Gasteiger partial charge in [0.1, 0.15) is 0 Å². The molecule has 2 rings (SSSR count). The predicted octanol–water partition coefficient (Wildman–Crippen LogP) is 1.81. The Morgan fingerprint density at radius 3 is 3.29 bits per heavy atom. The van der Waals surface area contributed by atoms with Crippen LogP contribution >= 0.6 is 0 Å². The Labute approximate surface area is 103 Å². The minimum absolute atomic E-state index is 0.688. The predicted molar refractivity (Wildman–Crippen MR) is 67.8 cm³/mol. The Kier molecular flexibility index (Phi) is 5.01. The standard InChI is InChI=1S/C13H23N3O/c1-2-16-11-15-9-13(16)10-17-7-5-12-4-3-6-14-8-12/h9,11-12,14H,2-8,10H2,1H3. The van der Waals surface area contributed by atoms with Crippen LogP contribution in [0.25, 0.3) is 0 Å². The molecular weight excluding hydrogens is 214 g/mol. The van der Waals surface area contributed by atoms with Gasteiger partial charge in [0.25, 0.3) is 0 Å². The topological polar surface area (TPSA) is 39.1 Å². The van der Waals surface area contributed by atoms with Gasteiger partial charge in [0, 0.05) is 13.2 Å². The third-order valence-corrected chi connectivity index (χ3v) is 3.46. The van der Waals surface area contributed by atoms with Crippen LogP contribution in [-0.4, -0.2) is 29.2 Å². The SMILES string of the molecule is CCn1cncc1COCCC1CCCNC1. The number of ether oxygens (including phenoxy) is 1. The van der Waals surface area contributed by atoms with Gasteiger partial charge in [0.15, 0.2) is 0 Å². The zero-order chi connectivity index (χ0) is 11.9. The number of piperidine rings is 1. The van der Waals surface area contributed by atoms with Crippen molar-refractivity contribution in [2.45, 2.75) is 39.3 Å². The van der Waals surface area contributed by atoms with E-state index in [2.05, 4.69) is 21.8 Å². The van der Waals surface area contributed by atoms with E-state index in [1.165, 1.54) is 31.5 Å². The van der Waals surface area contributed by atoms with Crippen molar-refractivity contribution >= 4 is 0 Å². The van der Waals surface area contributed by atoms with Gasteiger partial charge in [-0.25, -0.2) is 4.98 Å². The molecule has 0 saturated carbocycles. The van der Waals surface area contributed by atoms with Crippen LogP contribution in [-0.2, 0) is 17.9 Å². The van der Waals surface area contributed by atoms with Gasteiger partial charge < -0.3 is 14.6 Å². The van der Waals surface area contributed by atoms with Crippen LogP contribution in [0.5, 0.6) is 0 Å². The summed E-state index contributed by atoms with van der Waals surface area (Å²) in [6.07, 6.45) is 7.60. The van der Waals surface area contributed by atoms with Crippen LogP contribution in [0, 0.1) is 5.92 Å². The number of aryl methyl sites for hydroxylation is 1. The van der Waals surface area contributed by atoms with E-state index in [0.717, 1.165) is 25.6 Å². The Hall–Kier alpha value is -0.870. The third kappa shape index (κ3) is 3.82. The molecule has 1 aromatic rings. The van der Waals surface area contributed by atoms with E-state index in [1.54, 1.807) is 0 Å². The van der Waals surface area contributed by atoms with Crippen LogP contribution in [0.2, 0.25) is 0 Å². The zero-order valence-corrected chi connectivity index (χ0v) is 10.7. The van der Waals surface area contributed by atoms with Crippen LogP contribution in [0.15, 0.2) is 12.5 Å². The molecule has 96 valence electrons. The molecule has 1 aliphatic heterocycles. The smallest absolute Gasteiger partial charge is 0.0948 e. The molecule has 1 saturated heterocycles. The fraction of sp³-hybridized carbons (Fsp3) is 0.769. The Morgan fingerprint density at radius 2 is 2.53 bits per heavy atom. The highest BCUT2D eigenvalue weighted by Crippen LogP contribution is 2.14. The molecule has 0 radical (unpaired) electrons. The fourth-order valence-electron chi connectivity index (χ4n) is 2.35. The van der Waals surface area contributed by atoms with E-state index < -0.39 is 0 Å². The summed E-state index contributed by atoms with van der Waals surface area (Å²) < 4.78 is 7.86. The van der Waals surface area contributed by atoms with Crippen molar-refractivity contribution < 1.29 is 4.74 Å². The molecule has 0 aliphatic carbocycles. The zero-order valence-electron chi connectivity index (χ0n) is 10.7. The molecule has 1 unspecified atom stereocenters. The van der Waals surface area contributed by atoms with E-state index in [0.29, 0.717) is 6.61 Å². The summed E-state index contributed by atoms with van der Waals surface area (Å²) in [5.41, 5.74) is 1.18. The Bertz CT molecular complexity index is 318. The lowest BCUT2D eigenvalue weighted by Gasteiger charge is -2.22. The fourth-order valence-corrected chi connectivity index (χ4v) is 2.35. The lowest BCUT2D eigenvalue weighted by atomic mass is 9.97.